The first-order chi connectivity index (χ1) is 13.2. The Labute approximate surface area is 172 Å². The van der Waals surface area contributed by atoms with Gasteiger partial charge in [0.15, 0.2) is 0 Å². The molecule has 0 aliphatic carbocycles. The van der Waals surface area contributed by atoms with Crippen molar-refractivity contribution in [2.45, 2.75) is 16.7 Å². The van der Waals surface area contributed by atoms with Crippen LogP contribution in [-0.2, 0) is 0 Å². The van der Waals surface area contributed by atoms with Gasteiger partial charge >= 0.3 is 0 Å². The summed E-state index contributed by atoms with van der Waals surface area (Å²) in [6.45, 7) is 2.12. The van der Waals surface area contributed by atoms with Gasteiger partial charge in [-0.3, -0.25) is 4.40 Å². The molecule has 4 rings (SSSR count). The van der Waals surface area contributed by atoms with Gasteiger partial charge in [0.05, 0.1) is 16.4 Å². The van der Waals surface area contributed by atoms with Gasteiger partial charge in [-0.25, -0.2) is 9.97 Å². The molecule has 0 bridgehead atoms. The van der Waals surface area contributed by atoms with Gasteiger partial charge in [0, 0.05) is 33.3 Å². The van der Waals surface area contributed by atoms with E-state index in [9.17, 15) is 0 Å². The summed E-state index contributed by atoms with van der Waals surface area (Å²) in [6, 6.07) is 16.6. The lowest BCUT2D eigenvalue weighted by Crippen LogP contribution is -1.91. The quantitative estimate of drug-likeness (QED) is 0.348. The number of halogens is 1. The van der Waals surface area contributed by atoms with Crippen LogP contribution < -0.4 is 0 Å². The summed E-state index contributed by atoms with van der Waals surface area (Å²) in [7, 11) is 0. The van der Waals surface area contributed by atoms with E-state index in [-0.39, 0.29) is 0 Å². The Morgan fingerprint density at radius 3 is 2.56 bits per heavy atom. The molecule has 136 valence electrons. The number of hydrogen-bond acceptors (Lipinski definition) is 4. The number of fused-ring (bicyclic) bond motifs is 1. The fraction of sp³-hybridized carbons (Fsp3) is 0.143. The molecule has 0 radical (unpaired) electrons. The highest BCUT2D eigenvalue weighted by atomic mass is 35.5. The van der Waals surface area contributed by atoms with Crippen LogP contribution in [0.15, 0.2) is 70.7 Å². The van der Waals surface area contributed by atoms with E-state index in [1.165, 1.54) is 4.90 Å². The molecule has 0 amide bonds. The largest absolute Gasteiger partial charge is 0.283 e. The first-order valence-corrected chi connectivity index (χ1v) is 11.2. The zero-order valence-corrected chi connectivity index (χ0v) is 17.4. The molecule has 0 saturated carbocycles. The van der Waals surface area contributed by atoms with Crippen molar-refractivity contribution >= 4 is 40.9 Å². The van der Waals surface area contributed by atoms with Crippen molar-refractivity contribution in [3.05, 3.63) is 65.9 Å². The molecule has 4 aromatic rings. The van der Waals surface area contributed by atoms with Gasteiger partial charge in [-0.15, -0.1) is 23.5 Å². The van der Waals surface area contributed by atoms with Gasteiger partial charge in [0.25, 0.3) is 0 Å². The molecular weight excluding hydrogens is 394 g/mol. The Morgan fingerprint density at radius 2 is 1.85 bits per heavy atom. The molecule has 0 saturated heterocycles. The van der Waals surface area contributed by atoms with E-state index in [1.54, 1.807) is 29.7 Å². The summed E-state index contributed by atoms with van der Waals surface area (Å²) in [5.41, 5.74) is 4.01. The topological polar surface area (TPSA) is 30.2 Å². The monoisotopic (exact) mass is 411 g/mol. The van der Waals surface area contributed by atoms with Crippen LogP contribution in [0, 0.1) is 0 Å². The van der Waals surface area contributed by atoms with Gasteiger partial charge < -0.3 is 0 Å². The predicted octanol–water partition coefficient (Wildman–Crippen LogP) is 6.55. The van der Waals surface area contributed by atoms with Crippen molar-refractivity contribution in [2.75, 3.05) is 12.0 Å². The van der Waals surface area contributed by atoms with Gasteiger partial charge in [-0.2, -0.15) is 0 Å². The van der Waals surface area contributed by atoms with Crippen molar-refractivity contribution in [1.82, 2.24) is 14.4 Å². The number of benzene rings is 2. The lowest BCUT2D eigenvalue weighted by atomic mass is 10.0. The Hall–Kier alpha value is -1.95. The first-order valence-electron chi connectivity index (χ1n) is 8.61. The maximum Gasteiger partial charge on any atom is 0.234 e. The van der Waals surface area contributed by atoms with E-state index in [0.717, 1.165) is 38.2 Å². The van der Waals surface area contributed by atoms with Crippen molar-refractivity contribution < 1.29 is 0 Å². The van der Waals surface area contributed by atoms with E-state index in [4.69, 9.17) is 16.6 Å². The third-order valence-corrected chi connectivity index (χ3v) is 6.40. The average Bonchev–Trinajstić information content (AvgIpc) is 3.09. The molecule has 3 nitrogen and oxygen atoms in total. The minimum Gasteiger partial charge on any atom is -0.283 e. The van der Waals surface area contributed by atoms with Crippen LogP contribution >= 0.6 is 35.1 Å². The number of imidazole rings is 1. The highest BCUT2D eigenvalue weighted by Crippen LogP contribution is 2.36. The van der Waals surface area contributed by atoms with Gasteiger partial charge in [0.1, 0.15) is 0 Å². The van der Waals surface area contributed by atoms with Crippen LogP contribution in [0.1, 0.15) is 6.92 Å². The van der Waals surface area contributed by atoms with Crippen molar-refractivity contribution in [2.24, 2.45) is 0 Å². The van der Waals surface area contributed by atoms with Crippen LogP contribution in [0.4, 0.5) is 0 Å². The van der Waals surface area contributed by atoms with E-state index in [1.807, 2.05) is 22.7 Å². The molecule has 0 unspecified atom stereocenters. The standard InChI is InChI=1S/C21H18ClN3S2/c1-3-27-18-10-7-15(13-17(18)22)19-20(14-5-8-16(26-2)9-6-14)25-12-4-11-23-21(25)24-19/h4-13H,3H2,1-2H3. The molecule has 0 aliphatic rings. The third-order valence-electron chi connectivity index (χ3n) is 4.27. The first kappa shape index (κ1) is 18.4. The van der Waals surface area contributed by atoms with E-state index < -0.39 is 0 Å². The summed E-state index contributed by atoms with van der Waals surface area (Å²) in [4.78, 5) is 11.6. The molecule has 27 heavy (non-hydrogen) atoms. The minimum absolute atomic E-state index is 0.680. The normalized spacial score (nSPS) is 11.2. The second-order valence-corrected chi connectivity index (χ2v) is 8.50. The maximum atomic E-state index is 6.52. The lowest BCUT2D eigenvalue weighted by molar-refractivity contribution is 1.11. The molecule has 0 spiro atoms. The molecule has 2 aromatic carbocycles. The van der Waals surface area contributed by atoms with E-state index in [0.29, 0.717) is 5.78 Å². The van der Waals surface area contributed by atoms with E-state index in [2.05, 4.69) is 54.6 Å². The van der Waals surface area contributed by atoms with Crippen molar-refractivity contribution in [3.63, 3.8) is 0 Å². The maximum absolute atomic E-state index is 6.52. The van der Waals surface area contributed by atoms with Crippen molar-refractivity contribution in [1.29, 1.82) is 0 Å². The lowest BCUT2D eigenvalue weighted by Gasteiger charge is -2.08. The minimum atomic E-state index is 0.680. The number of rotatable bonds is 5. The zero-order valence-electron chi connectivity index (χ0n) is 15.0. The molecule has 0 atom stereocenters. The summed E-state index contributed by atoms with van der Waals surface area (Å²) in [5, 5.41) is 0.757. The van der Waals surface area contributed by atoms with Crippen LogP contribution in [0.25, 0.3) is 28.3 Å². The Kier molecular flexibility index (Phi) is 5.43. The van der Waals surface area contributed by atoms with Gasteiger partial charge in [-0.1, -0.05) is 36.7 Å². The number of nitrogens with zero attached hydrogens (tertiary/aromatic N) is 3. The Bertz CT molecular complexity index is 1090. The second-order valence-electron chi connectivity index (χ2n) is 5.91. The van der Waals surface area contributed by atoms with Crippen LogP contribution in [-0.4, -0.2) is 26.4 Å². The summed E-state index contributed by atoms with van der Waals surface area (Å²) >= 11 is 10.00. The molecular formula is C21H18ClN3S2. The van der Waals surface area contributed by atoms with Crippen LogP contribution in [0.2, 0.25) is 5.02 Å². The SMILES string of the molecule is CCSc1ccc(-c2nc3ncccn3c2-c2ccc(SC)cc2)cc1Cl. The summed E-state index contributed by atoms with van der Waals surface area (Å²) in [6.07, 6.45) is 5.84. The average molecular weight is 412 g/mol. The van der Waals surface area contributed by atoms with E-state index >= 15 is 0 Å². The fourth-order valence-corrected chi connectivity index (χ4v) is 4.46. The number of thioether (sulfide) groups is 2. The number of hydrogen-bond donors (Lipinski definition) is 0. The van der Waals surface area contributed by atoms with Gasteiger partial charge in [0.2, 0.25) is 5.78 Å². The van der Waals surface area contributed by atoms with Crippen LogP contribution in [0.5, 0.6) is 0 Å². The molecule has 0 fully saturated rings. The van der Waals surface area contributed by atoms with Crippen LogP contribution in [0.3, 0.4) is 0 Å². The highest BCUT2D eigenvalue weighted by Gasteiger charge is 2.17. The highest BCUT2D eigenvalue weighted by molar-refractivity contribution is 7.99. The summed E-state index contributed by atoms with van der Waals surface area (Å²) in [5.74, 6) is 1.67. The predicted molar refractivity (Wildman–Crippen MR) is 117 cm³/mol. The fourth-order valence-electron chi connectivity index (χ4n) is 3.03. The molecule has 2 heterocycles. The second kappa shape index (κ2) is 7.97. The zero-order chi connectivity index (χ0) is 18.8. The molecule has 6 heteroatoms. The molecule has 0 aliphatic heterocycles. The molecule has 2 aromatic heterocycles. The molecule has 0 N–H and O–H groups in total. The van der Waals surface area contributed by atoms with Crippen molar-refractivity contribution in [3.8, 4) is 22.5 Å². The smallest absolute Gasteiger partial charge is 0.234 e. The Balaban J connectivity index is 1.91. The summed E-state index contributed by atoms with van der Waals surface area (Å²) < 4.78 is 2.03. The number of aromatic nitrogens is 3. The van der Waals surface area contributed by atoms with Gasteiger partial charge in [-0.05, 0) is 42.3 Å². The Morgan fingerprint density at radius 1 is 1.07 bits per heavy atom. The third kappa shape index (κ3) is 3.59.